The summed E-state index contributed by atoms with van der Waals surface area (Å²) in [5, 5.41) is 0. The number of hydrogen-bond donors (Lipinski definition) is 0. The van der Waals surface area contributed by atoms with Gasteiger partial charge in [0, 0.05) is 6.07 Å². The summed E-state index contributed by atoms with van der Waals surface area (Å²) in [4.78, 5) is 3.83. The Balaban J connectivity index is 2.68. The number of aryl methyl sites for hydroxylation is 1. The standard InChI is InChI=1S/C10H12FNO/c1-7(2)6-13-9-4-10(11)8(3)12-5-9/h4-5H,1,6H2,2-3H3. The summed E-state index contributed by atoms with van der Waals surface area (Å²) in [5.74, 6) is 0.0883. The maximum absolute atomic E-state index is 12.9. The predicted molar refractivity (Wildman–Crippen MR) is 49.2 cm³/mol. The number of pyridine rings is 1. The van der Waals surface area contributed by atoms with E-state index in [0.717, 1.165) is 5.57 Å². The Labute approximate surface area is 77.1 Å². The summed E-state index contributed by atoms with van der Waals surface area (Å²) in [6.07, 6.45) is 1.50. The lowest BCUT2D eigenvalue weighted by molar-refractivity contribution is 0.348. The van der Waals surface area contributed by atoms with E-state index in [9.17, 15) is 4.39 Å². The van der Waals surface area contributed by atoms with Crippen molar-refractivity contribution < 1.29 is 9.13 Å². The van der Waals surface area contributed by atoms with E-state index >= 15 is 0 Å². The highest BCUT2D eigenvalue weighted by atomic mass is 19.1. The van der Waals surface area contributed by atoms with Crippen LogP contribution in [0.4, 0.5) is 4.39 Å². The molecule has 1 heterocycles. The molecule has 0 atom stereocenters. The molecule has 70 valence electrons. The highest BCUT2D eigenvalue weighted by Crippen LogP contribution is 2.13. The summed E-state index contributed by atoms with van der Waals surface area (Å²) in [6, 6.07) is 1.32. The van der Waals surface area contributed by atoms with Crippen LogP contribution in [0, 0.1) is 12.7 Å². The van der Waals surface area contributed by atoms with Crippen LogP contribution in [-0.2, 0) is 0 Å². The molecular weight excluding hydrogens is 169 g/mol. The van der Waals surface area contributed by atoms with Gasteiger partial charge in [-0.05, 0) is 19.4 Å². The van der Waals surface area contributed by atoms with Crippen LogP contribution in [-0.4, -0.2) is 11.6 Å². The first-order valence-electron chi connectivity index (χ1n) is 3.99. The maximum atomic E-state index is 12.9. The Morgan fingerprint density at radius 2 is 2.38 bits per heavy atom. The predicted octanol–water partition coefficient (Wildman–Crippen LogP) is 2.48. The zero-order chi connectivity index (χ0) is 9.84. The molecule has 13 heavy (non-hydrogen) atoms. The van der Waals surface area contributed by atoms with Crippen LogP contribution in [0.5, 0.6) is 5.75 Å². The van der Waals surface area contributed by atoms with Gasteiger partial charge in [-0.15, -0.1) is 0 Å². The van der Waals surface area contributed by atoms with E-state index in [-0.39, 0.29) is 5.82 Å². The molecule has 0 aliphatic heterocycles. The SMILES string of the molecule is C=C(C)COc1cnc(C)c(F)c1. The molecule has 1 aromatic rings. The van der Waals surface area contributed by atoms with Gasteiger partial charge in [-0.25, -0.2) is 4.39 Å². The lowest BCUT2D eigenvalue weighted by Crippen LogP contribution is -1.99. The van der Waals surface area contributed by atoms with Crippen LogP contribution in [0.3, 0.4) is 0 Å². The molecule has 1 rings (SSSR count). The molecular formula is C10H12FNO. The van der Waals surface area contributed by atoms with Crippen LogP contribution in [0.15, 0.2) is 24.4 Å². The largest absolute Gasteiger partial charge is 0.488 e. The van der Waals surface area contributed by atoms with Crippen molar-refractivity contribution in [1.82, 2.24) is 4.98 Å². The van der Waals surface area contributed by atoms with Gasteiger partial charge in [0.05, 0.1) is 11.9 Å². The molecule has 0 fully saturated rings. The fourth-order valence-electron chi connectivity index (χ4n) is 0.774. The Kier molecular flexibility index (Phi) is 3.01. The lowest BCUT2D eigenvalue weighted by Gasteiger charge is -2.05. The molecule has 3 heteroatoms. The quantitative estimate of drug-likeness (QED) is 0.668. The van der Waals surface area contributed by atoms with E-state index in [1.165, 1.54) is 12.3 Å². The van der Waals surface area contributed by atoms with Crippen molar-refractivity contribution in [2.45, 2.75) is 13.8 Å². The second-order valence-corrected chi connectivity index (χ2v) is 2.98. The van der Waals surface area contributed by atoms with Crippen LogP contribution < -0.4 is 4.74 Å². The van der Waals surface area contributed by atoms with Gasteiger partial charge in [-0.2, -0.15) is 0 Å². The molecule has 0 aliphatic carbocycles. The van der Waals surface area contributed by atoms with Crippen LogP contribution in [0.2, 0.25) is 0 Å². The monoisotopic (exact) mass is 181 g/mol. The minimum Gasteiger partial charge on any atom is -0.488 e. The molecule has 0 saturated heterocycles. The fourth-order valence-corrected chi connectivity index (χ4v) is 0.774. The first kappa shape index (κ1) is 9.71. The van der Waals surface area contributed by atoms with Gasteiger partial charge in [0.1, 0.15) is 18.2 Å². The summed E-state index contributed by atoms with van der Waals surface area (Å²) >= 11 is 0. The van der Waals surface area contributed by atoms with Gasteiger partial charge in [0.15, 0.2) is 0 Å². The van der Waals surface area contributed by atoms with E-state index in [0.29, 0.717) is 18.1 Å². The zero-order valence-corrected chi connectivity index (χ0v) is 7.80. The summed E-state index contributed by atoms with van der Waals surface area (Å²) in [6.45, 7) is 7.52. The summed E-state index contributed by atoms with van der Waals surface area (Å²) in [5.41, 5.74) is 1.27. The van der Waals surface area contributed by atoms with Gasteiger partial charge in [0.25, 0.3) is 0 Å². The molecule has 2 nitrogen and oxygen atoms in total. The van der Waals surface area contributed by atoms with Gasteiger partial charge in [-0.1, -0.05) is 6.58 Å². The molecule has 0 aliphatic rings. The minimum atomic E-state index is -0.348. The summed E-state index contributed by atoms with van der Waals surface area (Å²) < 4.78 is 18.1. The van der Waals surface area contributed by atoms with Gasteiger partial charge >= 0.3 is 0 Å². The van der Waals surface area contributed by atoms with Gasteiger partial charge in [0.2, 0.25) is 0 Å². The number of hydrogen-bond acceptors (Lipinski definition) is 2. The molecule has 1 aromatic heterocycles. The van der Waals surface area contributed by atoms with Crippen molar-refractivity contribution >= 4 is 0 Å². The summed E-state index contributed by atoms with van der Waals surface area (Å²) in [7, 11) is 0. The lowest BCUT2D eigenvalue weighted by atomic mass is 10.3. The molecule has 0 bridgehead atoms. The molecule has 0 amide bonds. The molecule has 0 spiro atoms. The van der Waals surface area contributed by atoms with Crippen molar-refractivity contribution in [2.75, 3.05) is 6.61 Å². The van der Waals surface area contributed by atoms with Crippen molar-refractivity contribution in [1.29, 1.82) is 0 Å². The van der Waals surface area contributed by atoms with Crippen LogP contribution in [0.25, 0.3) is 0 Å². The molecule has 0 radical (unpaired) electrons. The van der Waals surface area contributed by atoms with E-state index < -0.39 is 0 Å². The van der Waals surface area contributed by atoms with Crippen molar-refractivity contribution in [3.8, 4) is 5.75 Å². The molecule has 0 N–H and O–H groups in total. The fraction of sp³-hybridized carbons (Fsp3) is 0.300. The minimum absolute atomic E-state index is 0.348. The Morgan fingerprint density at radius 3 is 2.92 bits per heavy atom. The Hall–Kier alpha value is -1.38. The average molecular weight is 181 g/mol. The third kappa shape index (κ3) is 2.86. The van der Waals surface area contributed by atoms with Crippen LogP contribution in [0.1, 0.15) is 12.6 Å². The van der Waals surface area contributed by atoms with Gasteiger partial charge < -0.3 is 4.74 Å². The van der Waals surface area contributed by atoms with Gasteiger partial charge in [-0.3, -0.25) is 4.98 Å². The van der Waals surface area contributed by atoms with Crippen molar-refractivity contribution in [3.63, 3.8) is 0 Å². The first-order chi connectivity index (χ1) is 6.09. The Bertz CT molecular complexity index is 323. The highest BCUT2D eigenvalue weighted by Gasteiger charge is 2.00. The second-order valence-electron chi connectivity index (χ2n) is 2.98. The second kappa shape index (κ2) is 4.03. The molecule has 0 saturated carbocycles. The van der Waals surface area contributed by atoms with E-state index in [1.54, 1.807) is 6.92 Å². The number of rotatable bonds is 3. The van der Waals surface area contributed by atoms with Crippen LogP contribution >= 0.6 is 0 Å². The molecule has 0 unspecified atom stereocenters. The average Bonchev–Trinajstić information content (AvgIpc) is 2.07. The Morgan fingerprint density at radius 1 is 1.69 bits per heavy atom. The highest BCUT2D eigenvalue weighted by molar-refractivity contribution is 5.21. The van der Waals surface area contributed by atoms with Crippen molar-refractivity contribution in [2.24, 2.45) is 0 Å². The normalized spacial score (nSPS) is 9.77. The van der Waals surface area contributed by atoms with E-state index in [4.69, 9.17) is 4.74 Å². The van der Waals surface area contributed by atoms with Crippen molar-refractivity contribution in [3.05, 3.63) is 35.9 Å². The number of ether oxygens (including phenoxy) is 1. The smallest absolute Gasteiger partial charge is 0.148 e. The van der Waals surface area contributed by atoms with E-state index in [2.05, 4.69) is 11.6 Å². The third-order valence-electron chi connectivity index (χ3n) is 1.49. The number of nitrogens with zero attached hydrogens (tertiary/aromatic N) is 1. The molecule has 0 aromatic carbocycles. The topological polar surface area (TPSA) is 22.1 Å². The first-order valence-corrected chi connectivity index (χ1v) is 3.99. The van der Waals surface area contributed by atoms with E-state index in [1.807, 2.05) is 6.92 Å². The number of halogens is 1. The third-order valence-corrected chi connectivity index (χ3v) is 1.49. The maximum Gasteiger partial charge on any atom is 0.148 e. The zero-order valence-electron chi connectivity index (χ0n) is 7.80. The number of aromatic nitrogens is 1.